The third kappa shape index (κ3) is 2.89. The van der Waals surface area contributed by atoms with Gasteiger partial charge in [0, 0.05) is 49.8 Å². The summed E-state index contributed by atoms with van der Waals surface area (Å²) in [6.07, 6.45) is 3.31. The van der Waals surface area contributed by atoms with Gasteiger partial charge in [-0.1, -0.05) is 0 Å². The average Bonchev–Trinajstić information content (AvgIpc) is 3.26. The minimum Gasteiger partial charge on any atom is -0.382 e. The van der Waals surface area contributed by atoms with Crippen LogP contribution in [0, 0.1) is 10.1 Å². The first-order valence-corrected chi connectivity index (χ1v) is 10.1. The summed E-state index contributed by atoms with van der Waals surface area (Å²) in [5.41, 5.74) is 9.59. The molecule has 2 aromatic heterocycles. The van der Waals surface area contributed by atoms with Crippen molar-refractivity contribution in [1.29, 1.82) is 0 Å². The van der Waals surface area contributed by atoms with E-state index in [0.717, 1.165) is 48.0 Å². The lowest BCUT2D eigenvalue weighted by Crippen LogP contribution is -2.39. The Hall–Kier alpha value is -3.49. The summed E-state index contributed by atoms with van der Waals surface area (Å²) in [6.45, 7) is 0.758. The highest BCUT2D eigenvalue weighted by molar-refractivity contribution is 6.00. The lowest BCUT2D eigenvalue weighted by molar-refractivity contribution is -0.384. The Morgan fingerprint density at radius 2 is 2.00 bits per heavy atom. The van der Waals surface area contributed by atoms with Gasteiger partial charge in [0.15, 0.2) is 11.5 Å². The van der Waals surface area contributed by atoms with Crippen molar-refractivity contribution in [2.24, 2.45) is 7.05 Å². The molecule has 9 heteroatoms. The molecular weight excluding hydrogens is 384 g/mol. The van der Waals surface area contributed by atoms with E-state index in [0.29, 0.717) is 17.9 Å². The Kier molecular flexibility index (Phi) is 4.19. The first kappa shape index (κ1) is 18.5. The number of hydrogen-bond acceptors (Lipinski definition) is 6. The predicted octanol–water partition coefficient (Wildman–Crippen LogP) is 2.99. The van der Waals surface area contributed by atoms with E-state index in [2.05, 4.69) is 5.10 Å². The topological polar surface area (TPSA) is 120 Å². The maximum absolute atomic E-state index is 12.0. The van der Waals surface area contributed by atoms with Gasteiger partial charge in [-0.3, -0.25) is 14.9 Å². The number of hydrogen-bond donors (Lipinski definition) is 1. The van der Waals surface area contributed by atoms with Gasteiger partial charge in [-0.15, -0.1) is 0 Å². The minimum atomic E-state index is -0.410. The number of pyridine rings is 1. The van der Waals surface area contributed by atoms with Crippen molar-refractivity contribution in [1.82, 2.24) is 19.7 Å². The highest BCUT2D eigenvalue weighted by Gasteiger charge is 2.37. The molecule has 1 amide bonds. The monoisotopic (exact) mass is 406 g/mol. The van der Waals surface area contributed by atoms with E-state index in [4.69, 9.17) is 10.7 Å². The van der Waals surface area contributed by atoms with Gasteiger partial charge < -0.3 is 10.6 Å². The van der Waals surface area contributed by atoms with Crippen molar-refractivity contribution >= 4 is 28.4 Å². The second kappa shape index (κ2) is 6.79. The Morgan fingerprint density at radius 1 is 1.23 bits per heavy atom. The number of carbonyl (C=O) groups excluding carboxylic acids is 1. The summed E-state index contributed by atoms with van der Waals surface area (Å²) in [5.74, 6) is 0.887. The molecule has 0 saturated carbocycles. The zero-order valence-electron chi connectivity index (χ0n) is 16.6. The van der Waals surface area contributed by atoms with E-state index in [-0.39, 0.29) is 23.6 Å². The number of anilines is 1. The molecule has 1 aromatic carbocycles. The second-order valence-corrected chi connectivity index (χ2v) is 8.11. The van der Waals surface area contributed by atoms with Crippen molar-refractivity contribution in [3.63, 3.8) is 0 Å². The van der Waals surface area contributed by atoms with Crippen molar-refractivity contribution in [2.45, 2.75) is 37.6 Å². The largest absolute Gasteiger partial charge is 0.382 e. The molecule has 4 heterocycles. The number of amides is 1. The molecule has 2 aliphatic heterocycles. The Bertz CT molecular complexity index is 1170. The maximum atomic E-state index is 12.0. The van der Waals surface area contributed by atoms with E-state index < -0.39 is 4.92 Å². The van der Waals surface area contributed by atoms with Crippen molar-refractivity contribution in [3.05, 3.63) is 46.1 Å². The second-order valence-electron chi connectivity index (χ2n) is 8.11. The minimum absolute atomic E-state index is 0.0432. The number of carbonyl (C=O) groups is 1. The van der Waals surface area contributed by atoms with Crippen LogP contribution in [-0.4, -0.2) is 43.1 Å². The van der Waals surface area contributed by atoms with E-state index in [1.165, 1.54) is 12.1 Å². The van der Waals surface area contributed by atoms with E-state index in [1.807, 2.05) is 18.0 Å². The molecule has 0 spiro atoms. The molecule has 2 fully saturated rings. The van der Waals surface area contributed by atoms with Gasteiger partial charge in [0.2, 0.25) is 5.91 Å². The van der Waals surface area contributed by atoms with Gasteiger partial charge in [-0.05, 0) is 48.6 Å². The number of aromatic nitrogens is 3. The van der Waals surface area contributed by atoms with Crippen molar-refractivity contribution < 1.29 is 9.72 Å². The van der Waals surface area contributed by atoms with Crippen molar-refractivity contribution in [3.8, 4) is 11.1 Å². The van der Waals surface area contributed by atoms with Crippen LogP contribution in [0.3, 0.4) is 0 Å². The van der Waals surface area contributed by atoms with Gasteiger partial charge >= 0.3 is 0 Å². The highest BCUT2D eigenvalue weighted by atomic mass is 16.6. The lowest BCUT2D eigenvalue weighted by atomic mass is 9.87. The zero-order chi connectivity index (χ0) is 21.0. The quantitative estimate of drug-likeness (QED) is 0.527. The summed E-state index contributed by atoms with van der Waals surface area (Å²) in [5, 5.41) is 16.1. The number of nitrogens with two attached hydrogens (primary N) is 1. The SMILES string of the molecule is Cn1nc(N)c2c(-c3ccc([N+](=O)[O-])cc3)cc(C3CCN4C(=O)CCC4C3)nc21. The molecule has 3 aromatic rings. The van der Waals surface area contributed by atoms with Gasteiger partial charge in [0.25, 0.3) is 5.69 Å². The first-order chi connectivity index (χ1) is 14.4. The van der Waals surface area contributed by atoms with Crippen LogP contribution in [-0.2, 0) is 11.8 Å². The summed E-state index contributed by atoms with van der Waals surface area (Å²) < 4.78 is 1.68. The standard InChI is InChI=1S/C21H22N6O3/c1-25-21-19(20(22)24-25)16(12-2-4-14(5-3-12)27(29)30)11-17(23-21)13-8-9-26-15(10-13)6-7-18(26)28/h2-5,11,13,15H,6-10H2,1H3,(H2,22,24). The predicted molar refractivity (Wildman–Crippen MR) is 112 cm³/mol. The number of nitrogens with zero attached hydrogens (tertiary/aromatic N) is 5. The Morgan fingerprint density at radius 3 is 2.73 bits per heavy atom. The molecule has 0 aliphatic carbocycles. The van der Waals surface area contributed by atoms with Crippen LogP contribution in [0.5, 0.6) is 0 Å². The summed E-state index contributed by atoms with van der Waals surface area (Å²) in [7, 11) is 1.81. The van der Waals surface area contributed by atoms with Crippen LogP contribution in [0.1, 0.15) is 37.3 Å². The van der Waals surface area contributed by atoms with Gasteiger partial charge in [-0.2, -0.15) is 5.10 Å². The fourth-order valence-electron chi connectivity index (χ4n) is 4.85. The molecular formula is C21H22N6O3. The number of fused-ring (bicyclic) bond motifs is 2. The molecule has 2 atom stereocenters. The summed E-state index contributed by atoms with van der Waals surface area (Å²) >= 11 is 0. The first-order valence-electron chi connectivity index (χ1n) is 10.1. The number of nitro benzene ring substituents is 1. The number of nitrogen functional groups attached to an aromatic ring is 1. The van der Waals surface area contributed by atoms with Gasteiger partial charge in [-0.25, -0.2) is 9.67 Å². The van der Waals surface area contributed by atoms with Crippen LogP contribution in [0.2, 0.25) is 0 Å². The van der Waals surface area contributed by atoms with Gasteiger partial charge in [0.1, 0.15) is 0 Å². The van der Waals surface area contributed by atoms with Crippen LogP contribution in [0.25, 0.3) is 22.2 Å². The number of piperidine rings is 1. The molecule has 154 valence electrons. The van der Waals surface area contributed by atoms with Crippen molar-refractivity contribution in [2.75, 3.05) is 12.3 Å². The normalized spacial score (nSPS) is 21.2. The van der Waals surface area contributed by atoms with E-state index in [1.54, 1.807) is 16.8 Å². The summed E-state index contributed by atoms with van der Waals surface area (Å²) in [4.78, 5) is 29.5. The molecule has 2 saturated heterocycles. The summed E-state index contributed by atoms with van der Waals surface area (Å²) in [6, 6.07) is 8.79. The lowest BCUT2D eigenvalue weighted by Gasteiger charge is -2.34. The molecule has 0 bridgehead atoms. The Labute approximate surface area is 172 Å². The molecule has 5 rings (SSSR count). The Balaban J connectivity index is 1.60. The van der Waals surface area contributed by atoms with E-state index >= 15 is 0 Å². The van der Waals surface area contributed by atoms with Crippen LogP contribution >= 0.6 is 0 Å². The number of non-ortho nitro benzene ring substituents is 1. The molecule has 0 radical (unpaired) electrons. The fourth-order valence-corrected chi connectivity index (χ4v) is 4.85. The van der Waals surface area contributed by atoms with Crippen LogP contribution < -0.4 is 5.73 Å². The third-order valence-corrected chi connectivity index (χ3v) is 6.38. The molecule has 2 aliphatic rings. The molecule has 2 unspecified atom stereocenters. The average molecular weight is 406 g/mol. The number of nitro groups is 1. The number of benzene rings is 1. The van der Waals surface area contributed by atoms with Gasteiger partial charge in [0.05, 0.1) is 10.3 Å². The highest BCUT2D eigenvalue weighted by Crippen LogP contribution is 2.40. The maximum Gasteiger partial charge on any atom is 0.269 e. The molecule has 30 heavy (non-hydrogen) atoms. The number of aryl methyl sites for hydroxylation is 1. The number of rotatable bonds is 3. The molecule has 9 nitrogen and oxygen atoms in total. The zero-order valence-corrected chi connectivity index (χ0v) is 16.6. The van der Waals surface area contributed by atoms with Crippen LogP contribution in [0.15, 0.2) is 30.3 Å². The van der Waals surface area contributed by atoms with Crippen LogP contribution in [0.4, 0.5) is 11.5 Å². The third-order valence-electron chi connectivity index (χ3n) is 6.38. The fraction of sp³-hybridized carbons (Fsp3) is 0.381. The molecule has 2 N–H and O–H groups in total. The van der Waals surface area contributed by atoms with E-state index in [9.17, 15) is 14.9 Å². The smallest absolute Gasteiger partial charge is 0.269 e.